The number of carbonyl (C=O) groups is 1. The molecule has 0 saturated heterocycles. The van der Waals surface area contributed by atoms with Gasteiger partial charge in [-0.1, -0.05) is 36.4 Å². The molecule has 0 aliphatic heterocycles. The van der Waals surface area contributed by atoms with Crippen LogP contribution >= 0.6 is 0 Å². The molecule has 0 radical (unpaired) electrons. The van der Waals surface area contributed by atoms with Gasteiger partial charge in [-0.25, -0.2) is 0 Å². The summed E-state index contributed by atoms with van der Waals surface area (Å²) >= 11 is 0. The Labute approximate surface area is 144 Å². The molecule has 2 N–H and O–H groups in total. The molecule has 2 aromatic rings. The summed E-state index contributed by atoms with van der Waals surface area (Å²) in [6.07, 6.45) is 1.51. The van der Waals surface area contributed by atoms with Gasteiger partial charge in [0, 0.05) is 38.5 Å². The van der Waals surface area contributed by atoms with E-state index in [1.165, 1.54) is 5.56 Å². The van der Waals surface area contributed by atoms with Crippen LogP contribution in [0.25, 0.3) is 0 Å². The number of hydrogen-bond acceptors (Lipinski definition) is 3. The van der Waals surface area contributed by atoms with Crippen molar-refractivity contribution in [2.75, 3.05) is 32.1 Å². The second kappa shape index (κ2) is 9.08. The van der Waals surface area contributed by atoms with Crippen molar-refractivity contribution < 1.29 is 9.90 Å². The fourth-order valence-electron chi connectivity index (χ4n) is 2.75. The number of benzene rings is 2. The summed E-state index contributed by atoms with van der Waals surface area (Å²) in [6, 6.07) is 17.7. The molecule has 1 atom stereocenters. The maximum Gasteiger partial charge on any atom is 0.251 e. The molecular weight excluding hydrogens is 300 g/mol. The minimum absolute atomic E-state index is 0.0606. The van der Waals surface area contributed by atoms with E-state index in [0.29, 0.717) is 18.5 Å². The second-order valence-electron chi connectivity index (χ2n) is 6.11. The minimum Gasteiger partial charge on any atom is -0.396 e. The lowest BCUT2D eigenvalue weighted by Crippen LogP contribution is -2.26. The number of aliphatic hydroxyl groups excluding tert-OH is 1. The van der Waals surface area contributed by atoms with E-state index in [0.717, 1.165) is 12.1 Å². The Balaban J connectivity index is 1.92. The Morgan fingerprint density at radius 1 is 1.08 bits per heavy atom. The van der Waals surface area contributed by atoms with E-state index < -0.39 is 0 Å². The molecule has 0 aliphatic carbocycles. The normalized spacial score (nSPS) is 11.8. The molecule has 0 fully saturated rings. The van der Waals surface area contributed by atoms with Gasteiger partial charge in [-0.3, -0.25) is 4.79 Å². The number of hydrogen-bond donors (Lipinski definition) is 2. The fourth-order valence-corrected chi connectivity index (χ4v) is 2.75. The molecule has 4 nitrogen and oxygen atoms in total. The molecule has 0 heterocycles. The third-order valence-electron chi connectivity index (χ3n) is 4.15. The summed E-state index contributed by atoms with van der Waals surface area (Å²) in [4.78, 5) is 14.3. The quantitative estimate of drug-likeness (QED) is 0.784. The zero-order chi connectivity index (χ0) is 17.4. The van der Waals surface area contributed by atoms with Crippen LogP contribution in [-0.4, -0.2) is 38.3 Å². The Kier molecular flexibility index (Phi) is 6.82. The van der Waals surface area contributed by atoms with E-state index in [9.17, 15) is 9.90 Å². The first-order valence-electron chi connectivity index (χ1n) is 8.33. The molecule has 0 bridgehead atoms. The van der Waals surface area contributed by atoms with Crippen molar-refractivity contribution in [1.82, 2.24) is 5.32 Å². The fraction of sp³-hybridized carbons (Fsp3) is 0.350. The van der Waals surface area contributed by atoms with E-state index in [1.54, 1.807) is 0 Å². The number of amides is 1. The van der Waals surface area contributed by atoms with Gasteiger partial charge in [0.05, 0.1) is 0 Å². The lowest BCUT2D eigenvalue weighted by Gasteiger charge is -2.17. The van der Waals surface area contributed by atoms with Crippen LogP contribution in [0.15, 0.2) is 54.6 Å². The van der Waals surface area contributed by atoms with Crippen LogP contribution in [-0.2, 0) is 0 Å². The lowest BCUT2D eigenvalue weighted by atomic mass is 9.93. The standard InChI is InChI=1S/C20H26N2O2/c1-22(2)19-10-6-9-18(15-19)20(24)21-13-11-17(12-14-23)16-7-4-3-5-8-16/h3-10,15,17,23H,11-14H2,1-2H3,(H,21,24). The summed E-state index contributed by atoms with van der Waals surface area (Å²) in [6.45, 7) is 0.739. The van der Waals surface area contributed by atoms with E-state index in [4.69, 9.17) is 0 Å². The summed E-state index contributed by atoms with van der Waals surface area (Å²) in [5.74, 6) is 0.194. The molecule has 2 rings (SSSR count). The predicted molar refractivity (Wildman–Crippen MR) is 98.6 cm³/mol. The largest absolute Gasteiger partial charge is 0.396 e. The van der Waals surface area contributed by atoms with E-state index >= 15 is 0 Å². The van der Waals surface area contributed by atoms with Crippen molar-refractivity contribution in [1.29, 1.82) is 0 Å². The highest BCUT2D eigenvalue weighted by molar-refractivity contribution is 5.95. The number of anilines is 1. The maximum absolute atomic E-state index is 12.3. The van der Waals surface area contributed by atoms with Crippen LogP contribution in [0.4, 0.5) is 5.69 Å². The predicted octanol–water partition coefficient (Wildman–Crippen LogP) is 3.04. The van der Waals surface area contributed by atoms with Crippen molar-refractivity contribution in [2.45, 2.75) is 18.8 Å². The zero-order valence-electron chi connectivity index (χ0n) is 14.4. The van der Waals surface area contributed by atoms with Crippen molar-refractivity contribution in [2.24, 2.45) is 0 Å². The Morgan fingerprint density at radius 3 is 2.50 bits per heavy atom. The number of nitrogens with one attached hydrogen (secondary N) is 1. The van der Waals surface area contributed by atoms with Crippen molar-refractivity contribution in [3.63, 3.8) is 0 Å². The number of nitrogens with zero attached hydrogens (tertiary/aromatic N) is 1. The van der Waals surface area contributed by atoms with E-state index in [1.807, 2.05) is 61.5 Å². The van der Waals surface area contributed by atoms with Gasteiger partial charge >= 0.3 is 0 Å². The molecule has 128 valence electrons. The highest BCUT2D eigenvalue weighted by Crippen LogP contribution is 2.22. The second-order valence-corrected chi connectivity index (χ2v) is 6.11. The van der Waals surface area contributed by atoms with Gasteiger partial charge in [0.25, 0.3) is 5.91 Å². The van der Waals surface area contributed by atoms with E-state index in [2.05, 4.69) is 17.4 Å². The van der Waals surface area contributed by atoms with Crippen molar-refractivity contribution >= 4 is 11.6 Å². The Morgan fingerprint density at radius 2 is 1.83 bits per heavy atom. The van der Waals surface area contributed by atoms with Gasteiger partial charge < -0.3 is 15.3 Å². The molecule has 1 unspecified atom stereocenters. The minimum atomic E-state index is -0.0606. The van der Waals surface area contributed by atoms with Crippen LogP contribution in [0.5, 0.6) is 0 Å². The molecule has 24 heavy (non-hydrogen) atoms. The van der Waals surface area contributed by atoms with Gasteiger partial charge in [0.2, 0.25) is 0 Å². The Hall–Kier alpha value is -2.33. The van der Waals surface area contributed by atoms with Gasteiger partial charge in [-0.15, -0.1) is 0 Å². The zero-order valence-corrected chi connectivity index (χ0v) is 14.4. The summed E-state index contributed by atoms with van der Waals surface area (Å²) in [5.41, 5.74) is 2.88. The van der Waals surface area contributed by atoms with Crippen molar-refractivity contribution in [3.8, 4) is 0 Å². The SMILES string of the molecule is CN(C)c1cccc(C(=O)NCCC(CCO)c2ccccc2)c1. The molecule has 0 aromatic heterocycles. The summed E-state index contributed by atoms with van der Waals surface area (Å²) in [7, 11) is 3.91. The van der Waals surface area contributed by atoms with Crippen molar-refractivity contribution in [3.05, 3.63) is 65.7 Å². The molecule has 4 heteroatoms. The third kappa shape index (κ3) is 5.10. The average molecular weight is 326 g/mol. The van der Waals surface area contributed by atoms with Gasteiger partial charge in [0.15, 0.2) is 0 Å². The van der Waals surface area contributed by atoms with Gasteiger partial charge in [-0.2, -0.15) is 0 Å². The highest BCUT2D eigenvalue weighted by Gasteiger charge is 2.12. The van der Waals surface area contributed by atoms with Gasteiger partial charge in [-0.05, 0) is 42.5 Å². The maximum atomic E-state index is 12.3. The molecule has 0 saturated carbocycles. The number of aliphatic hydroxyl groups is 1. The van der Waals surface area contributed by atoms with Crippen LogP contribution in [0.3, 0.4) is 0 Å². The molecule has 1 amide bonds. The number of carbonyl (C=O) groups excluding carboxylic acids is 1. The first-order valence-corrected chi connectivity index (χ1v) is 8.33. The monoisotopic (exact) mass is 326 g/mol. The lowest BCUT2D eigenvalue weighted by molar-refractivity contribution is 0.0952. The van der Waals surface area contributed by atoms with Crippen LogP contribution < -0.4 is 10.2 Å². The first-order chi connectivity index (χ1) is 11.6. The summed E-state index contributed by atoms with van der Waals surface area (Å²) in [5, 5.41) is 12.3. The third-order valence-corrected chi connectivity index (χ3v) is 4.15. The molecular formula is C20H26N2O2. The number of rotatable bonds is 8. The molecule has 0 spiro atoms. The Bertz CT molecular complexity index is 641. The average Bonchev–Trinajstić information content (AvgIpc) is 2.61. The first kappa shape index (κ1) is 18.0. The van der Waals surface area contributed by atoms with E-state index in [-0.39, 0.29) is 18.4 Å². The topological polar surface area (TPSA) is 52.6 Å². The smallest absolute Gasteiger partial charge is 0.251 e. The van der Waals surface area contributed by atoms with Crippen LogP contribution in [0, 0.1) is 0 Å². The van der Waals surface area contributed by atoms with Crippen LogP contribution in [0.1, 0.15) is 34.7 Å². The molecule has 2 aromatic carbocycles. The molecule has 0 aliphatic rings. The summed E-state index contributed by atoms with van der Waals surface area (Å²) < 4.78 is 0. The highest BCUT2D eigenvalue weighted by atomic mass is 16.3. The van der Waals surface area contributed by atoms with Gasteiger partial charge in [0.1, 0.15) is 0 Å². The van der Waals surface area contributed by atoms with Crippen LogP contribution in [0.2, 0.25) is 0 Å².